The highest BCUT2D eigenvalue weighted by molar-refractivity contribution is 5.84. The van der Waals surface area contributed by atoms with E-state index in [0.717, 1.165) is 28.0 Å². The fourth-order valence-corrected chi connectivity index (χ4v) is 4.29. The lowest BCUT2D eigenvalue weighted by atomic mass is 9.73. The third kappa shape index (κ3) is 2.87. The van der Waals surface area contributed by atoms with Crippen LogP contribution in [0.3, 0.4) is 0 Å². The van der Waals surface area contributed by atoms with E-state index in [9.17, 15) is 14.7 Å². The van der Waals surface area contributed by atoms with Crippen molar-refractivity contribution in [3.05, 3.63) is 64.7 Å². The van der Waals surface area contributed by atoms with Crippen molar-refractivity contribution in [1.29, 1.82) is 0 Å². The number of benzene rings is 2. The molecule has 2 aromatic rings. The predicted molar refractivity (Wildman–Crippen MR) is 101 cm³/mol. The van der Waals surface area contributed by atoms with E-state index in [-0.39, 0.29) is 25.0 Å². The smallest absolute Gasteiger partial charge is 0.315 e. The molecular weight excluding hydrogens is 342 g/mol. The number of carbonyl (C=O) groups excluding carboxylic acids is 1. The van der Waals surface area contributed by atoms with Crippen LogP contribution in [-0.2, 0) is 16.0 Å². The Morgan fingerprint density at radius 3 is 2.78 bits per heavy atom. The monoisotopic (exact) mass is 365 g/mol. The minimum Gasteiger partial charge on any atom is -0.492 e. The summed E-state index contributed by atoms with van der Waals surface area (Å²) in [7, 11) is 0. The van der Waals surface area contributed by atoms with Gasteiger partial charge in [-0.05, 0) is 31.0 Å². The number of carbonyl (C=O) groups is 2. The molecule has 1 amide bonds. The molecule has 2 aliphatic rings. The summed E-state index contributed by atoms with van der Waals surface area (Å²) in [6, 6.07) is 13.6. The van der Waals surface area contributed by atoms with E-state index in [1.807, 2.05) is 56.3 Å². The number of rotatable bonds is 3. The van der Waals surface area contributed by atoms with Crippen LogP contribution in [0.25, 0.3) is 0 Å². The fraction of sp³-hybridized carbons (Fsp3) is 0.364. The van der Waals surface area contributed by atoms with Crippen molar-refractivity contribution >= 4 is 11.9 Å². The minimum atomic E-state index is -1.08. The zero-order chi connectivity index (χ0) is 19.2. The second-order valence-electron chi connectivity index (χ2n) is 7.72. The average molecular weight is 365 g/mol. The minimum absolute atomic E-state index is 0.0313. The van der Waals surface area contributed by atoms with Crippen LogP contribution in [0.4, 0.5) is 0 Å². The molecule has 1 fully saturated rings. The van der Waals surface area contributed by atoms with Crippen LogP contribution in [0, 0.1) is 19.3 Å². The van der Waals surface area contributed by atoms with Crippen LogP contribution in [0.2, 0.25) is 0 Å². The highest BCUT2D eigenvalue weighted by atomic mass is 16.5. The number of aryl methyl sites for hydroxylation is 2. The number of carboxylic acids is 1. The van der Waals surface area contributed by atoms with Gasteiger partial charge in [0.05, 0.1) is 6.42 Å². The van der Waals surface area contributed by atoms with E-state index in [1.165, 1.54) is 0 Å². The van der Waals surface area contributed by atoms with Crippen molar-refractivity contribution in [1.82, 2.24) is 4.90 Å². The molecule has 0 aromatic heterocycles. The van der Waals surface area contributed by atoms with Gasteiger partial charge in [0.25, 0.3) is 0 Å². The predicted octanol–water partition coefficient (Wildman–Crippen LogP) is 2.94. The second-order valence-corrected chi connectivity index (χ2v) is 7.72. The van der Waals surface area contributed by atoms with Crippen LogP contribution < -0.4 is 4.74 Å². The van der Waals surface area contributed by atoms with Gasteiger partial charge in [-0.1, -0.05) is 42.0 Å². The first-order valence-electron chi connectivity index (χ1n) is 9.20. The quantitative estimate of drug-likeness (QED) is 0.908. The summed E-state index contributed by atoms with van der Waals surface area (Å²) in [5, 5.41) is 9.98. The Kier molecular flexibility index (Phi) is 4.17. The van der Waals surface area contributed by atoms with E-state index in [4.69, 9.17) is 4.74 Å². The number of nitrogens with zero attached hydrogens (tertiary/aromatic N) is 1. The summed E-state index contributed by atoms with van der Waals surface area (Å²) >= 11 is 0. The van der Waals surface area contributed by atoms with Crippen LogP contribution in [0.5, 0.6) is 5.75 Å². The molecule has 0 unspecified atom stereocenters. The van der Waals surface area contributed by atoms with Gasteiger partial charge in [0, 0.05) is 24.6 Å². The van der Waals surface area contributed by atoms with Gasteiger partial charge < -0.3 is 14.7 Å². The molecule has 1 saturated heterocycles. The normalized spacial score (nSPS) is 23.3. The first kappa shape index (κ1) is 17.6. The number of ether oxygens (including phenoxy) is 1. The maximum absolute atomic E-state index is 13.0. The molecule has 0 spiro atoms. The Hall–Kier alpha value is -2.82. The number of carboxylic acid groups (broad SMARTS) is 1. The van der Waals surface area contributed by atoms with Crippen LogP contribution in [0.15, 0.2) is 42.5 Å². The number of amides is 1. The summed E-state index contributed by atoms with van der Waals surface area (Å²) in [5.74, 6) is -0.453. The molecule has 0 aliphatic carbocycles. The van der Waals surface area contributed by atoms with Crippen molar-refractivity contribution < 1.29 is 19.4 Å². The Morgan fingerprint density at radius 2 is 2.00 bits per heavy atom. The number of likely N-dealkylation sites (tertiary alicyclic amines) is 1. The Labute approximate surface area is 158 Å². The van der Waals surface area contributed by atoms with Crippen molar-refractivity contribution in [2.24, 2.45) is 5.41 Å². The van der Waals surface area contributed by atoms with Crippen LogP contribution in [-0.4, -0.2) is 41.6 Å². The number of fused-ring (bicyclic) bond motifs is 3. The summed E-state index contributed by atoms with van der Waals surface area (Å²) in [6.45, 7) is 4.69. The van der Waals surface area contributed by atoms with Gasteiger partial charge in [0.1, 0.15) is 17.8 Å². The molecule has 27 heavy (non-hydrogen) atoms. The van der Waals surface area contributed by atoms with Crippen LogP contribution in [0.1, 0.15) is 28.2 Å². The second kappa shape index (κ2) is 6.41. The molecule has 140 valence electrons. The molecule has 2 aromatic carbocycles. The maximum Gasteiger partial charge on any atom is 0.315 e. The number of para-hydroxylation sites is 1. The Morgan fingerprint density at radius 1 is 1.22 bits per heavy atom. The van der Waals surface area contributed by atoms with Crippen molar-refractivity contribution in [3.63, 3.8) is 0 Å². The highest BCUT2D eigenvalue weighted by Crippen LogP contribution is 2.49. The third-order valence-corrected chi connectivity index (χ3v) is 5.95. The molecule has 4 rings (SSSR count). The largest absolute Gasteiger partial charge is 0.492 e. The van der Waals surface area contributed by atoms with E-state index in [2.05, 4.69) is 0 Å². The summed E-state index contributed by atoms with van der Waals surface area (Å²) in [5.41, 5.74) is 2.99. The molecule has 5 heteroatoms. The molecule has 2 atom stereocenters. The number of hydrogen-bond acceptors (Lipinski definition) is 3. The third-order valence-electron chi connectivity index (χ3n) is 5.95. The van der Waals surface area contributed by atoms with E-state index >= 15 is 0 Å². The standard InChI is InChI=1S/C22H23NO4/c1-14-7-8-15(2)16(9-14)10-20(24)23-11-18-17-5-3-4-6-19(17)27-13-22(18,12-23)21(25)26/h3-9,18H,10-13H2,1-2H3,(H,25,26)/t18-,22-/m1/s1. The first-order chi connectivity index (χ1) is 12.9. The Balaban J connectivity index is 1.62. The molecule has 0 bridgehead atoms. The van der Waals surface area contributed by atoms with Gasteiger partial charge in [0.2, 0.25) is 5.91 Å². The topological polar surface area (TPSA) is 66.8 Å². The van der Waals surface area contributed by atoms with Gasteiger partial charge in [-0.25, -0.2) is 0 Å². The molecular formula is C22H23NO4. The lowest BCUT2D eigenvalue weighted by Gasteiger charge is -2.35. The first-order valence-corrected chi connectivity index (χ1v) is 9.20. The molecule has 0 saturated carbocycles. The average Bonchev–Trinajstić information content (AvgIpc) is 3.07. The summed E-state index contributed by atoms with van der Waals surface area (Å²) in [4.78, 5) is 26.9. The zero-order valence-corrected chi connectivity index (χ0v) is 15.6. The van der Waals surface area contributed by atoms with Gasteiger partial charge in [-0.2, -0.15) is 0 Å². The lowest BCUT2D eigenvalue weighted by Crippen LogP contribution is -2.46. The van der Waals surface area contributed by atoms with Crippen molar-refractivity contribution in [2.45, 2.75) is 26.2 Å². The number of aliphatic carboxylic acids is 1. The fourth-order valence-electron chi connectivity index (χ4n) is 4.29. The molecule has 2 aliphatic heterocycles. The zero-order valence-electron chi connectivity index (χ0n) is 15.6. The molecule has 5 nitrogen and oxygen atoms in total. The summed E-state index contributed by atoms with van der Waals surface area (Å²) in [6.07, 6.45) is 0.290. The Bertz CT molecular complexity index is 922. The van der Waals surface area contributed by atoms with E-state index in [0.29, 0.717) is 13.0 Å². The van der Waals surface area contributed by atoms with E-state index < -0.39 is 11.4 Å². The molecule has 2 heterocycles. The molecule has 1 N–H and O–H groups in total. The SMILES string of the molecule is Cc1ccc(C)c(CC(=O)N2C[C@@H]3c4ccccc4OC[C@]3(C(=O)O)C2)c1. The van der Waals surface area contributed by atoms with Crippen LogP contribution >= 0.6 is 0 Å². The number of hydrogen-bond donors (Lipinski definition) is 1. The van der Waals surface area contributed by atoms with Gasteiger partial charge in [0.15, 0.2) is 0 Å². The van der Waals surface area contributed by atoms with Gasteiger partial charge in [-0.15, -0.1) is 0 Å². The lowest BCUT2D eigenvalue weighted by molar-refractivity contribution is -0.152. The van der Waals surface area contributed by atoms with Crippen molar-refractivity contribution in [2.75, 3.05) is 19.7 Å². The van der Waals surface area contributed by atoms with Gasteiger partial charge >= 0.3 is 5.97 Å². The maximum atomic E-state index is 13.0. The molecule has 0 radical (unpaired) electrons. The van der Waals surface area contributed by atoms with E-state index in [1.54, 1.807) is 4.90 Å². The highest BCUT2D eigenvalue weighted by Gasteiger charge is 2.57. The van der Waals surface area contributed by atoms with Crippen molar-refractivity contribution in [3.8, 4) is 5.75 Å². The van der Waals surface area contributed by atoms with Gasteiger partial charge in [-0.3, -0.25) is 9.59 Å². The summed E-state index contributed by atoms with van der Waals surface area (Å²) < 4.78 is 5.76.